The molecule has 0 radical (unpaired) electrons. The maximum Gasteiger partial charge on any atom is 1.00 e. The number of hydrogen-bond donors (Lipinski definition) is 1. The number of benzene rings is 3. The zero-order chi connectivity index (χ0) is 18.0. The quantitative estimate of drug-likeness (QED) is 0.311. The van der Waals surface area contributed by atoms with Gasteiger partial charge in [-0.05, 0) is 30.3 Å². The van der Waals surface area contributed by atoms with E-state index in [1.807, 2.05) is 6.07 Å². The molecule has 124 valence electrons. The molecular formula is C17H11N4NaO3S. The molecule has 0 fully saturated rings. The van der Waals surface area contributed by atoms with Crippen LogP contribution >= 0.6 is 0 Å². The van der Waals surface area contributed by atoms with E-state index in [0.29, 0.717) is 16.6 Å². The molecule has 0 bridgehead atoms. The van der Waals surface area contributed by atoms with Crippen LogP contribution < -0.4 is 35.3 Å². The maximum atomic E-state index is 11.6. The molecule has 0 atom stereocenters. The van der Waals surface area contributed by atoms with Crippen LogP contribution in [0.15, 0.2) is 69.7 Å². The first kappa shape index (κ1) is 20.0. The summed E-state index contributed by atoms with van der Waals surface area (Å²) >= 11 is 0. The number of nitriles is 1. The average molecular weight is 374 g/mol. The molecule has 7 nitrogen and oxygen atoms in total. The third-order valence-electron chi connectivity index (χ3n) is 3.57. The maximum absolute atomic E-state index is 11.6. The fourth-order valence-corrected chi connectivity index (χ4v) is 3.06. The summed E-state index contributed by atoms with van der Waals surface area (Å²) in [6.45, 7) is 0. The Morgan fingerprint density at radius 2 is 1.62 bits per heavy atom. The Labute approximate surface area is 172 Å². The summed E-state index contributed by atoms with van der Waals surface area (Å²) in [7, 11) is -4.70. The van der Waals surface area contributed by atoms with Gasteiger partial charge in [-0.15, -0.1) is 5.11 Å². The summed E-state index contributed by atoms with van der Waals surface area (Å²) in [5.74, 6) is 0. The fraction of sp³-hybridized carbons (Fsp3) is 0. The zero-order valence-electron chi connectivity index (χ0n) is 13.7. The van der Waals surface area contributed by atoms with Gasteiger partial charge >= 0.3 is 29.6 Å². The van der Waals surface area contributed by atoms with Crippen LogP contribution in [0.25, 0.3) is 10.8 Å². The van der Waals surface area contributed by atoms with Crippen LogP contribution in [0, 0.1) is 11.3 Å². The van der Waals surface area contributed by atoms with Crippen LogP contribution in [0.3, 0.4) is 0 Å². The number of hydrogen-bond acceptors (Lipinski definition) is 7. The van der Waals surface area contributed by atoms with Gasteiger partial charge in [0.15, 0.2) is 0 Å². The summed E-state index contributed by atoms with van der Waals surface area (Å²) < 4.78 is 34.7. The van der Waals surface area contributed by atoms with Gasteiger partial charge in [0.2, 0.25) is 0 Å². The first-order chi connectivity index (χ1) is 11.9. The number of rotatable bonds is 3. The SMILES string of the molecule is N#Cc1ccc(N=Nc2cc(S(=O)(=O)[O-])c3ccccc3c2N)cc1.[Na+]. The van der Waals surface area contributed by atoms with E-state index in [4.69, 9.17) is 11.0 Å². The Hall–Kier alpha value is -2.28. The summed E-state index contributed by atoms with van der Waals surface area (Å²) in [6, 6.07) is 15.9. The monoisotopic (exact) mass is 374 g/mol. The first-order valence-corrected chi connectivity index (χ1v) is 8.50. The van der Waals surface area contributed by atoms with Crippen molar-refractivity contribution in [3.8, 4) is 6.07 Å². The first-order valence-electron chi connectivity index (χ1n) is 7.09. The number of anilines is 1. The van der Waals surface area contributed by atoms with Crippen LogP contribution in [0.5, 0.6) is 0 Å². The molecule has 0 saturated carbocycles. The van der Waals surface area contributed by atoms with E-state index in [0.717, 1.165) is 6.07 Å². The van der Waals surface area contributed by atoms with Gasteiger partial charge in [0, 0.05) is 10.8 Å². The number of nitrogens with zero attached hydrogens (tertiary/aromatic N) is 3. The van der Waals surface area contributed by atoms with Crippen LogP contribution in [-0.2, 0) is 10.1 Å². The molecule has 0 saturated heterocycles. The van der Waals surface area contributed by atoms with Crippen molar-refractivity contribution in [2.45, 2.75) is 4.90 Å². The van der Waals surface area contributed by atoms with Gasteiger partial charge in [0.25, 0.3) is 0 Å². The van der Waals surface area contributed by atoms with E-state index < -0.39 is 15.0 Å². The van der Waals surface area contributed by atoms with E-state index in [-0.39, 0.29) is 46.3 Å². The summed E-state index contributed by atoms with van der Waals surface area (Å²) in [6.07, 6.45) is 0. The van der Waals surface area contributed by atoms with Crippen molar-refractivity contribution in [1.29, 1.82) is 5.26 Å². The van der Waals surface area contributed by atoms with Crippen LogP contribution in [0.4, 0.5) is 17.1 Å². The van der Waals surface area contributed by atoms with E-state index in [1.54, 1.807) is 42.5 Å². The molecule has 0 aliphatic heterocycles. The average Bonchev–Trinajstić information content (AvgIpc) is 2.61. The third kappa shape index (κ3) is 4.09. The fourth-order valence-electron chi connectivity index (χ4n) is 2.35. The molecule has 2 N–H and O–H groups in total. The molecule has 3 aromatic carbocycles. The number of nitrogens with two attached hydrogens (primary N) is 1. The normalized spacial score (nSPS) is 11.2. The van der Waals surface area contributed by atoms with Crippen molar-refractivity contribution in [1.82, 2.24) is 0 Å². The molecule has 0 amide bonds. The molecule has 0 aliphatic rings. The third-order valence-corrected chi connectivity index (χ3v) is 4.44. The summed E-state index contributed by atoms with van der Waals surface area (Å²) in [5.41, 5.74) is 7.28. The zero-order valence-corrected chi connectivity index (χ0v) is 16.6. The molecule has 9 heteroatoms. The minimum atomic E-state index is -4.70. The van der Waals surface area contributed by atoms with Gasteiger partial charge in [0.1, 0.15) is 15.8 Å². The molecule has 26 heavy (non-hydrogen) atoms. The van der Waals surface area contributed by atoms with Crippen LogP contribution in [0.1, 0.15) is 5.56 Å². The molecule has 0 spiro atoms. The standard InChI is InChI=1S/C17H12N4O3S.Na/c18-10-11-5-7-12(8-6-11)20-21-15-9-16(25(22,23)24)13-3-1-2-4-14(13)17(15)19;/h1-9H,19H2,(H,22,23,24);/q;+1/p-1. The molecule has 3 rings (SSSR count). The van der Waals surface area contributed by atoms with Crippen LogP contribution in [0.2, 0.25) is 0 Å². The Bertz CT molecular complexity index is 1140. The Morgan fingerprint density at radius 3 is 2.19 bits per heavy atom. The van der Waals surface area contributed by atoms with Gasteiger partial charge in [-0.2, -0.15) is 10.4 Å². The van der Waals surface area contributed by atoms with Crippen molar-refractivity contribution < 1.29 is 42.5 Å². The number of nitrogen functional groups attached to an aromatic ring is 1. The summed E-state index contributed by atoms with van der Waals surface area (Å²) in [4.78, 5) is -0.397. The number of azo groups is 1. The second-order valence-electron chi connectivity index (χ2n) is 5.17. The van der Waals surface area contributed by atoms with E-state index in [9.17, 15) is 13.0 Å². The number of fused-ring (bicyclic) bond motifs is 1. The van der Waals surface area contributed by atoms with Crippen molar-refractivity contribution in [3.05, 3.63) is 60.2 Å². The molecule has 0 heterocycles. The minimum Gasteiger partial charge on any atom is -0.744 e. The van der Waals surface area contributed by atoms with Gasteiger partial charge in [-0.1, -0.05) is 24.3 Å². The van der Waals surface area contributed by atoms with Crippen molar-refractivity contribution >= 4 is 38.0 Å². The summed E-state index contributed by atoms with van der Waals surface area (Å²) in [5, 5.41) is 17.4. The van der Waals surface area contributed by atoms with Gasteiger partial charge in [-0.25, -0.2) is 8.42 Å². The predicted molar refractivity (Wildman–Crippen MR) is 91.7 cm³/mol. The Balaban J connectivity index is 0.00000243. The molecular weight excluding hydrogens is 363 g/mol. The Kier molecular flexibility index (Phi) is 6.13. The Morgan fingerprint density at radius 1 is 1.00 bits per heavy atom. The van der Waals surface area contributed by atoms with E-state index in [1.165, 1.54) is 6.07 Å². The second kappa shape index (κ2) is 7.95. The van der Waals surface area contributed by atoms with Gasteiger partial charge < -0.3 is 10.3 Å². The smallest absolute Gasteiger partial charge is 0.744 e. The largest absolute Gasteiger partial charge is 1.00 e. The van der Waals surface area contributed by atoms with Crippen molar-refractivity contribution in [3.63, 3.8) is 0 Å². The van der Waals surface area contributed by atoms with Gasteiger partial charge in [-0.3, -0.25) is 0 Å². The van der Waals surface area contributed by atoms with E-state index >= 15 is 0 Å². The second-order valence-corrected chi connectivity index (χ2v) is 6.51. The molecule has 0 aliphatic carbocycles. The predicted octanol–water partition coefficient (Wildman–Crippen LogP) is 0.617. The molecule has 0 unspecified atom stereocenters. The molecule has 3 aromatic rings. The molecule has 0 aromatic heterocycles. The minimum absolute atomic E-state index is 0. The van der Waals surface area contributed by atoms with Gasteiger partial charge in [0.05, 0.1) is 27.9 Å². The van der Waals surface area contributed by atoms with Crippen LogP contribution in [-0.4, -0.2) is 13.0 Å². The van der Waals surface area contributed by atoms with E-state index in [2.05, 4.69) is 10.2 Å². The van der Waals surface area contributed by atoms with Crippen molar-refractivity contribution in [2.24, 2.45) is 10.2 Å². The van der Waals surface area contributed by atoms with Crippen molar-refractivity contribution in [2.75, 3.05) is 5.73 Å². The topological polar surface area (TPSA) is 132 Å².